The Kier molecular flexibility index (Phi) is 45.5. The molecular weight excluding hydrogens is 1170 g/mol. The summed E-state index contributed by atoms with van der Waals surface area (Å²) < 4.78 is 58.1. The smallest absolute Gasteiger partial charge is 0.317 e. The highest BCUT2D eigenvalue weighted by molar-refractivity contribution is 7.85. The standard InChI is InChI=1S/C55H97N11O4.2C3H8O3S.2CH4.ClH/c1-52(2,59-48(67)57-35-27-37-63(9)10)43-29-25-31-45(41-43)54(5,6)61-50(69)65(13)39-23-19-15-17-21-33-47(56)34-22-18-16-20-24-40-66(14)51(70)62-55(7,8)46-32-26-30-44(42-46)53(3,4)60-49(68)58-36-28-38-64(11)12;2*1-2-3-7(4,5)6;;;/h25-26,29-32,41-42,56H,15-24,27-28,33-40H2,1-14H3,(H,61,69)(H,62,70)(H2,57,59,67)(H2,58,60,68);2*2-3H2,1H3,(H,4,5,6);2*1H4;1H/p-2. The molecule has 0 saturated heterocycles. The van der Waals surface area contributed by atoms with Crippen molar-refractivity contribution in [1.29, 1.82) is 5.41 Å². The molecule has 87 heavy (non-hydrogen) atoms. The monoisotopic (exact) mass is 1290 g/mol. The van der Waals surface area contributed by atoms with Crippen molar-refractivity contribution >= 4 is 62.5 Å². The lowest BCUT2D eigenvalue weighted by Gasteiger charge is -2.32. The summed E-state index contributed by atoms with van der Waals surface area (Å²) >= 11 is 0. The summed E-state index contributed by atoms with van der Waals surface area (Å²) in [6, 6.07) is 15.5. The number of urea groups is 4. The minimum atomic E-state index is -3.92. The second-order valence-electron chi connectivity index (χ2n) is 24.6. The number of unbranched alkanes of at least 4 members (excludes halogenated alkanes) is 8. The molecule has 0 radical (unpaired) electrons. The molecule has 2 aromatic carbocycles. The SMILES string of the molecule is C.C.CCCS(=O)(=O)[O-].CCCS(=O)(=O)[O-].CN(C)CCCNC(=O)NC(C)(C)c1cccc(C(C)(C)NC(=O)N(C)CCCCCCCC(=N)CCCCCCCN(C)C(=O)NC(C)(C)c2cccc(C(C)(C)NC(=O)NCCCN(C)C)c2)c1.Cl. The molecule has 0 aliphatic rings. The maximum Gasteiger partial charge on any atom is 0.317 e. The lowest BCUT2D eigenvalue weighted by molar-refractivity contribution is 0.195. The van der Waals surface area contributed by atoms with E-state index in [1.807, 2.05) is 134 Å². The van der Waals surface area contributed by atoms with Gasteiger partial charge >= 0.3 is 24.1 Å². The molecule has 0 saturated carbocycles. The van der Waals surface area contributed by atoms with Crippen LogP contribution in [-0.2, 0) is 42.4 Å². The summed E-state index contributed by atoms with van der Waals surface area (Å²) in [5.74, 6) is -0.486. The number of nitrogens with zero attached hydrogens (tertiary/aromatic N) is 4. The average molecular weight is 1290 g/mol. The largest absolute Gasteiger partial charge is 0.748 e. The molecule has 0 heterocycles. The average Bonchev–Trinajstić information content (AvgIpc) is 1.55. The first-order valence-electron chi connectivity index (χ1n) is 30.0. The molecule has 0 fully saturated rings. The molecule has 8 amide bonds. The van der Waals surface area contributed by atoms with Gasteiger partial charge in [-0.1, -0.05) is 116 Å². The van der Waals surface area contributed by atoms with Crippen molar-refractivity contribution in [3.63, 3.8) is 0 Å². The van der Waals surface area contributed by atoms with Crippen LogP contribution in [0.3, 0.4) is 0 Å². The Bertz CT molecular complexity index is 2330. The Morgan fingerprint density at radius 3 is 1.00 bits per heavy atom. The number of hydrogen-bond acceptors (Lipinski definition) is 13. The molecule has 0 unspecified atom stereocenters. The molecule has 24 heteroatoms. The summed E-state index contributed by atoms with van der Waals surface area (Å²) in [5, 5.41) is 27.0. The Labute approximate surface area is 534 Å². The normalized spacial score (nSPS) is 11.6. The minimum Gasteiger partial charge on any atom is -0.748 e. The highest BCUT2D eigenvalue weighted by atomic mass is 35.5. The van der Waals surface area contributed by atoms with Crippen LogP contribution in [0.25, 0.3) is 0 Å². The first kappa shape index (κ1) is 88.6. The predicted molar refractivity (Wildman–Crippen MR) is 360 cm³/mol. The van der Waals surface area contributed by atoms with E-state index in [2.05, 4.69) is 53.8 Å². The van der Waals surface area contributed by atoms with E-state index in [1.54, 1.807) is 23.6 Å². The van der Waals surface area contributed by atoms with Crippen LogP contribution in [0.5, 0.6) is 0 Å². The van der Waals surface area contributed by atoms with E-state index in [0.717, 1.165) is 131 Å². The zero-order valence-corrected chi connectivity index (χ0v) is 57.1. The highest BCUT2D eigenvalue weighted by Crippen LogP contribution is 2.29. The van der Waals surface area contributed by atoms with Gasteiger partial charge in [0, 0.05) is 57.5 Å². The second kappa shape index (κ2) is 44.6. The molecule has 21 nitrogen and oxygen atoms in total. The van der Waals surface area contributed by atoms with E-state index >= 15 is 0 Å². The number of rotatable bonds is 36. The summed E-state index contributed by atoms with van der Waals surface area (Å²) in [4.78, 5) is 59.5. The van der Waals surface area contributed by atoms with Gasteiger partial charge in [-0.2, -0.15) is 0 Å². The van der Waals surface area contributed by atoms with Crippen LogP contribution >= 0.6 is 12.4 Å². The first-order chi connectivity index (χ1) is 38.9. The molecule has 0 spiro atoms. The van der Waals surface area contributed by atoms with E-state index in [9.17, 15) is 45.1 Å². The molecule has 508 valence electrons. The van der Waals surface area contributed by atoms with Crippen molar-refractivity contribution in [3.05, 3.63) is 70.8 Å². The number of halogens is 1. The van der Waals surface area contributed by atoms with Crippen LogP contribution in [0.15, 0.2) is 48.5 Å². The number of hydrogen-bond donors (Lipinski definition) is 7. The second-order valence-corrected chi connectivity index (χ2v) is 27.7. The zero-order chi connectivity index (χ0) is 64.4. The van der Waals surface area contributed by atoms with Crippen molar-refractivity contribution in [3.8, 4) is 0 Å². The Balaban J connectivity index is -0.00000180. The summed E-state index contributed by atoms with van der Waals surface area (Å²) in [6.45, 7) is 23.6. The molecule has 0 aromatic heterocycles. The van der Waals surface area contributed by atoms with Crippen LogP contribution in [0, 0.1) is 5.41 Å². The van der Waals surface area contributed by atoms with Crippen LogP contribution in [-0.4, -0.2) is 168 Å². The minimum absolute atomic E-state index is 0. The molecule has 0 bridgehead atoms. The van der Waals surface area contributed by atoms with E-state index in [-0.39, 0.29) is 62.9 Å². The van der Waals surface area contributed by atoms with Gasteiger partial charge in [0.05, 0.1) is 42.4 Å². The highest BCUT2D eigenvalue weighted by Gasteiger charge is 2.30. The molecule has 0 atom stereocenters. The fourth-order valence-electron chi connectivity index (χ4n) is 8.72. The van der Waals surface area contributed by atoms with Gasteiger partial charge in [-0.25, -0.2) is 36.0 Å². The maximum absolute atomic E-state index is 13.2. The molecule has 0 aliphatic heterocycles. The fourth-order valence-corrected chi connectivity index (χ4v) is 9.72. The van der Waals surface area contributed by atoms with Crippen molar-refractivity contribution in [2.75, 3.05) is 93.1 Å². The molecule has 0 aliphatic carbocycles. The topological polar surface area (TPSA) is 292 Å². The van der Waals surface area contributed by atoms with Gasteiger partial charge in [-0.05, 0) is 183 Å². The van der Waals surface area contributed by atoms with Crippen molar-refractivity contribution in [1.82, 2.24) is 51.5 Å². The van der Waals surface area contributed by atoms with Gasteiger partial charge in [-0.15, -0.1) is 12.4 Å². The maximum atomic E-state index is 13.2. The van der Waals surface area contributed by atoms with Crippen molar-refractivity contribution < 1.29 is 45.1 Å². The summed E-state index contributed by atoms with van der Waals surface area (Å²) in [5.41, 5.74) is 2.23. The number of nitrogens with one attached hydrogen (secondary N) is 7. The van der Waals surface area contributed by atoms with Crippen LogP contribution in [0.2, 0.25) is 0 Å². The molecule has 2 rings (SSSR count). The molecule has 7 N–H and O–H groups in total. The van der Waals surface area contributed by atoms with Gasteiger partial charge in [-0.3, -0.25) is 0 Å². The van der Waals surface area contributed by atoms with Gasteiger partial charge in [0.15, 0.2) is 0 Å². The Hall–Kier alpha value is -4.78. The first-order valence-corrected chi connectivity index (χ1v) is 33.2. The van der Waals surface area contributed by atoms with E-state index in [4.69, 9.17) is 5.41 Å². The third-order valence-corrected chi connectivity index (χ3v) is 15.8. The third kappa shape index (κ3) is 42.7. The Morgan fingerprint density at radius 2 is 0.736 bits per heavy atom. The van der Waals surface area contributed by atoms with Crippen molar-refractivity contribution in [2.45, 2.75) is 209 Å². The summed E-state index contributed by atoms with van der Waals surface area (Å²) in [7, 11) is 3.90. The number of carbonyl (C=O) groups is 4. The van der Waals surface area contributed by atoms with Gasteiger partial charge in [0.1, 0.15) is 0 Å². The summed E-state index contributed by atoms with van der Waals surface area (Å²) in [6.07, 6.45) is 14.6. The van der Waals surface area contributed by atoms with Crippen LogP contribution < -0.4 is 31.9 Å². The van der Waals surface area contributed by atoms with Crippen LogP contribution in [0.1, 0.15) is 209 Å². The van der Waals surface area contributed by atoms with Crippen LogP contribution in [0.4, 0.5) is 19.2 Å². The predicted octanol–water partition coefficient (Wildman–Crippen LogP) is 11.4. The lowest BCUT2D eigenvalue weighted by Crippen LogP contribution is -2.48. The number of benzene rings is 2. The van der Waals surface area contributed by atoms with Gasteiger partial charge in [0.2, 0.25) is 0 Å². The van der Waals surface area contributed by atoms with Crippen molar-refractivity contribution in [2.24, 2.45) is 0 Å². The lowest BCUT2D eigenvalue weighted by atomic mass is 9.87. The quantitative estimate of drug-likeness (QED) is 0.0190. The van der Waals surface area contributed by atoms with Gasteiger partial charge in [0.25, 0.3) is 0 Å². The van der Waals surface area contributed by atoms with Gasteiger partial charge < -0.3 is 66.0 Å². The Morgan fingerprint density at radius 1 is 0.460 bits per heavy atom. The van der Waals surface area contributed by atoms with E-state index < -0.39 is 42.4 Å². The third-order valence-electron chi connectivity index (χ3n) is 14.0. The van der Waals surface area contributed by atoms with E-state index in [0.29, 0.717) is 39.0 Å². The fraction of sp³-hybridized carbons (Fsp3) is 0.730. The molecule has 2 aromatic rings. The van der Waals surface area contributed by atoms with E-state index in [1.165, 1.54) is 0 Å². The number of amides is 8. The number of carbonyl (C=O) groups excluding carboxylic acids is 4. The zero-order valence-electron chi connectivity index (χ0n) is 54.7. The molecular formula is C63H120ClN11O10S2-2.